The van der Waals surface area contributed by atoms with Gasteiger partial charge in [-0.1, -0.05) is 6.07 Å². The van der Waals surface area contributed by atoms with Crippen LogP contribution in [0.1, 0.15) is 30.0 Å². The van der Waals surface area contributed by atoms with E-state index in [1.54, 1.807) is 12.3 Å². The van der Waals surface area contributed by atoms with Crippen LogP contribution >= 0.6 is 0 Å². The molecule has 0 spiro atoms. The lowest BCUT2D eigenvalue weighted by Gasteiger charge is -2.32. The van der Waals surface area contributed by atoms with Crippen molar-refractivity contribution in [1.29, 1.82) is 0 Å². The van der Waals surface area contributed by atoms with Gasteiger partial charge in [-0.2, -0.15) is 13.2 Å². The molecule has 0 saturated heterocycles. The molecule has 0 aliphatic heterocycles. The van der Waals surface area contributed by atoms with E-state index >= 15 is 0 Å². The molecule has 2 atom stereocenters. The van der Waals surface area contributed by atoms with E-state index in [0.717, 1.165) is 18.4 Å². The number of alkyl halides is 3. The Morgan fingerprint density at radius 1 is 1.47 bits per heavy atom. The highest BCUT2D eigenvalue weighted by Gasteiger charge is 2.45. The second-order valence-electron chi connectivity index (χ2n) is 4.35. The summed E-state index contributed by atoms with van der Waals surface area (Å²) in [6.07, 6.45) is -0.508. The Hall–Kier alpha value is -1.10. The van der Waals surface area contributed by atoms with Gasteiger partial charge in [-0.05, 0) is 37.9 Å². The smallest absolute Gasteiger partial charge is 0.309 e. The van der Waals surface area contributed by atoms with Crippen molar-refractivity contribution in [2.45, 2.75) is 37.4 Å². The summed E-state index contributed by atoms with van der Waals surface area (Å²) in [7, 11) is 1.36. The predicted octanol–water partition coefficient (Wildman–Crippen LogP) is 2.65. The Labute approximate surface area is 98.2 Å². The molecule has 2 nitrogen and oxygen atoms in total. The molecule has 17 heavy (non-hydrogen) atoms. The lowest BCUT2D eigenvalue weighted by molar-refractivity contribution is -0.161. The van der Waals surface area contributed by atoms with Crippen molar-refractivity contribution in [1.82, 2.24) is 10.3 Å². The largest absolute Gasteiger partial charge is 0.404 e. The summed E-state index contributed by atoms with van der Waals surface area (Å²) in [4.78, 5) is 4.14. The van der Waals surface area contributed by atoms with Crippen LogP contribution in [-0.4, -0.2) is 24.2 Å². The number of nitrogens with one attached hydrogen (secondary N) is 1. The SMILES string of the molecule is CNC(C1CCCc2cccnc21)C(F)(F)F. The summed E-state index contributed by atoms with van der Waals surface area (Å²) < 4.78 is 38.7. The molecule has 2 rings (SSSR count). The van der Waals surface area contributed by atoms with E-state index in [1.807, 2.05) is 6.07 Å². The third kappa shape index (κ3) is 2.44. The van der Waals surface area contributed by atoms with E-state index in [1.165, 1.54) is 7.05 Å². The van der Waals surface area contributed by atoms with E-state index in [2.05, 4.69) is 10.3 Å². The molecule has 94 valence electrons. The maximum absolute atomic E-state index is 12.9. The second-order valence-corrected chi connectivity index (χ2v) is 4.35. The second kappa shape index (κ2) is 4.64. The quantitative estimate of drug-likeness (QED) is 0.865. The summed E-state index contributed by atoms with van der Waals surface area (Å²) in [5.41, 5.74) is 1.56. The molecule has 1 aliphatic carbocycles. The number of nitrogens with zero attached hydrogens (tertiary/aromatic N) is 1. The molecular weight excluding hydrogens is 229 g/mol. The van der Waals surface area contributed by atoms with E-state index < -0.39 is 18.1 Å². The lowest BCUT2D eigenvalue weighted by atomic mass is 9.82. The molecule has 0 saturated carbocycles. The van der Waals surface area contributed by atoms with Crippen molar-refractivity contribution in [3.63, 3.8) is 0 Å². The van der Waals surface area contributed by atoms with Crippen LogP contribution in [0.5, 0.6) is 0 Å². The topological polar surface area (TPSA) is 24.9 Å². The number of halogens is 3. The average Bonchev–Trinajstić information content (AvgIpc) is 2.28. The van der Waals surface area contributed by atoms with Gasteiger partial charge in [-0.25, -0.2) is 0 Å². The Morgan fingerprint density at radius 3 is 2.88 bits per heavy atom. The average molecular weight is 244 g/mol. The van der Waals surface area contributed by atoms with Crippen molar-refractivity contribution < 1.29 is 13.2 Å². The van der Waals surface area contributed by atoms with Gasteiger partial charge in [0.25, 0.3) is 0 Å². The monoisotopic (exact) mass is 244 g/mol. The minimum absolute atomic E-state index is 0.537. The zero-order chi connectivity index (χ0) is 12.5. The van der Waals surface area contributed by atoms with Crippen LogP contribution < -0.4 is 5.32 Å². The van der Waals surface area contributed by atoms with Gasteiger partial charge < -0.3 is 5.32 Å². The van der Waals surface area contributed by atoms with Crippen molar-refractivity contribution in [3.05, 3.63) is 29.6 Å². The highest BCUT2D eigenvalue weighted by Crippen LogP contribution is 2.38. The van der Waals surface area contributed by atoms with Gasteiger partial charge in [0.2, 0.25) is 0 Å². The number of fused-ring (bicyclic) bond motifs is 1. The predicted molar refractivity (Wildman–Crippen MR) is 58.8 cm³/mol. The standard InChI is InChI=1S/C12H15F3N2/c1-16-11(12(13,14)15)9-6-2-4-8-5-3-7-17-10(8)9/h3,5,7,9,11,16H,2,4,6H2,1H3. The zero-order valence-electron chi connectivity index (χ0n) is 9.59. The van der Waals surface area contributed by atoms with Crippen LogP contribution in [-0.2, 0) is 6.42 Å². The van der Waals surface area contributed by atoms with E-state index in [4.69, 9.17) is 0 Å². The Bertz CT molecular complexity index is 390. The van der Waals surface area contributed by atoms with Gasteiger partial charge in [-0.3, -0.25) is 4.98 Å². The third-order valence-corrected chi connectivity index (χ3v) is 3.30. The van der Waals surface area contributed by atoms with Gasteiger partial charge in [-0.15, -0.1) is 0 Å². The molecule has 0 bridgehead atoms. The summed E-state index contributed by atoms with van der Waals surface area (Å²) in [6.45, 7) is 0. The number of hydrogen-bond acceptors (Lipinski definition) is 2. The van der Waals surface area contributed by atoms with Gasteiger partial charge in [0.15, 0.2) is 0 Å². The van der Waals surface area contributed by atoms with Crippen LogP contribution in [0.3, 0.4) is 0 Å². The molecule has 0 radical (unpaired) electrons. The Kier molecular flexibility index (Phi) is 3.38. The number of pyridine rings is 1. The minimum Gasteiger partial charge on any atom is -0.309 e. The molecule has 1 N–H and O–H groups in total. The molecule has 1 aromatic heterocycles. The fraction of sp³-hybridized carbons (Fsp3) is 0.583. The Balaban J connectivity index is 2.34. The highest BCUT2D eigenvalue weighted by molar-refractivity contribution is 5.27. The van der Waals surface area contributed by atoms with Crippen molar-refractivity contribution in [2.75, 3.05) is 7.05 Å². The molecule has 0 aromatic carbocycles. The van der Waals surface area contributed by atoms with Crippen molar-refractivity contribution in [3.8, 4) is 0 Å². The highest BCUT2D eigenvalue weighted by atomic mass is 19.4. The first-order valence-corrected chi connectivity index (χ1v) is 5.72. The molecule has 1 heterocycles. The zero-order valence-corrected chi connectivity index (χ0v) is 9.59. The van der Waals surface area contributed by atoms with Crippen molar-refractivity contribution in [2.24, 2.45) is 0 Å². The van der Waals surface area contributed by atoms with Crippen LogP contribution in [0.2, 0.25) is 0 Å². The van der Waals surface area contributed by atoms with Crippen LogP contribution in [0, 0.1) is 0 Å². The first-order valence-electron chi connectivity index (χ1n) is 5.72. The molecular formula is C12H15F3N2. The van der Waals surface area contributed by atoms with Gasteiger partial charge in [0.05, 0.1) is 0 Å². The van der Waals surface area contributed by atoms with Gasteiger partial charge in [0.1, 0.15) is 6.04 Å². The summed E-state index contributed by atoms with van der Waals surface area (Å²) in [6, 6.07) is 2.15. The van der Waals surface area contributed by atoms with Crippen LogP contribution in [0.25, 0.3) is 0 Å². The fourth-order valence-electron chi connectivity index (χ4n) is 2.56. The van der Waals surface area contributed by atoms with Gasteiger partial charge >= 0.3 is 6.18 Å². The summed E-state index contributed by atoms with van der Waals surface area (Å²) >= 11 is 0. The molecule has 0 fully saturated rings. The van der Waals surface area contributed by atoms with Gasteiger partial charge in [0, 0.05) is 17.8 Å². The summed E-state index contributed by atoms with van der Waals surface area (Å²) in [5, 5.41) is 2.39. The first kappa shape index (κ1) is 12.4. The number of aromatic nitrogens is 1. The third-order valence-electron chi connectivity index (χ3n) is 3.30. The van der Waals surface area contributed by atoms with Crippen LogP contribution in [0.4, 0.5) is 13.2 Å². The molecule has 0 amide bonds. The van der Waals surface area contributed by atoms with Crippen LogP contribution in [0.15, 0.2) is 18.3 Å². The van der Waals surface area contributed by atoms with E-state index in [9.17, 15) is 13.2 Å². The molecule has 1 aromatic rings. The number of likely N-dealkylation sites (N-methyl/N-ethyl adjacent to an activating group) is 1. The summed E-state index contributed by atoms with van der Waals surface area (Å²) in [5.74, 6) is -0.565. The molecule has 5 heteroatoms. The van der Waals surface area contributed by atoms with E-state index in [-0.39, 0.29) is 0 Å². The lowest BCUT2D eigenvalue weighted by Crippen LogP contribution is -2.46. The van der Waals surface area contributed by atoms with E-state index in [0.29, 0.717) is 12.1 Å². The van der Waals surface area contributed by atoms with Crippen molar-refractivity contribution >= 4 is 0 Å². The maximum Gasteiger partial charge on any atom is 0.404 e. The normalized spacial score (nSPS) is 22.0. The molecule has 1 aliphatic rings. The number of aryl methyl sites for hydroxylation is 1. The minimum atomic E-state index is -4.23. The fourth-order valence-corrected chi connectivity index (χ4v) is 2.56. The maximum atomic E-state index is 12.9. The Morgan fingerprint density at radius 2 is 2.24 bits per heavy atom. The number of rotatable bonds is 2. The first-order chi connectivity index (χ1) is 8.04. The molecule has 2 unspecified atom stereocenters. The number of hydrogen-bond donors (Lipinski definition) is 1.